The van der Waals surface area contributed by atoms with E-state index in [1.807, 2.05) is 48.2 Å². The highest BCUT2D eigenvalue weighted by Gasteiger charge is 2.32. The van der Waals surface area contributed by atoms with Gasteiger partial charge < -0.3 is 23.8 Å². The Hall–Kier alpha value is -3.48. The highest BCUT2D eigenvalue weighted by atomic mass is 16.5. The molecule has 1 aromatic heterocycles. The fourth-order valence-electron chi connectivity index (χ4n) is 4.04. The zero-order chi connectivity index (χ0) is 20.7. The van der Waals surface area contributed by atoms with E-state index in [-0.39, 0.29) is 5.91 Å². The molecule has 0 N–H and O–H groups in total. The van der Waals surface area contributed by atoms with Gasteiger partial charge in [0.15, 0.2) is 11.5 Å². The summed E-state index contributed by atoms with van der Waals surface area (Å²) in [6.07, 6.45) is 0. The highest BCUT2D eigenvalue weighted by Crippen LogP contribution is 2.39. The topological polar surface area (TPSA) is 68.0 Å². The van der Waals surface area contributed by atoms with Gasteiger partial charge in [-0.15, -0.1) is 0 Å². The summed E-state index contributed by atoms with van der Waals surface area (Å²) < 4.78 is 16.8. The van der Waals surface area contributed by atoms with Crippen LogP contribution in [0.4, 0.5) is 5.69 Å². The predicted octanol–water partition coefficient (Wildman–Crippen LogP) is 3.51. The maximum absolute atomic E-state index is 13.2. The van der Waals surface area contributed by atoms with Crippen LogP contribution in [0.5, 0.6) is 11.5 Å². The number of carbonyl (C=O) groups is 1. The van der Waals surface area contributed by atoms with E-state index in [0.29, 0.717) is 31.2 Å². The van der Waals surface area contributed by atoms with Crippen LogP contribution >= 0.6 is 0 Å². The van der Waals surface area contributed by atoms with Crippen molar-refractivity contribution < 1.29 is 18.8 Å². The number of methoxy groups -OCH3 is 1. The number of hydrogen-bond donors (Lipinski definition) is 0. The van der Waals surface area contributed by atoms with Crippen molar-refractivity contribution in [1.29, 1.82) is 0 Å². The third-order valence-corrected chi connectivity index (χ3v) is 5.73. The van der Waals surface area contributed by atoms with Crippen molar-refractivity contribution in [3.05, 3.63) is 59.3 Å². The Morgan fingerprint density at radius 1 is 1.10 bits per heavy atom. The van der Waals surface area contributed by atoms with Gasteiger partial charge in [-0.3, -0.25) is 4.79 Å². The van der Waals surface area contributed by atoms with Gasteiger partial charge in [-0.25, -0.2) is 0 Å². The second kappa shape index (κ2) is 7.40. The minimum atomic E-state index is -0.106. The Kier molecular flexibility index (Phi) is 4.58. The van der Waals surface area contributed by atoms with Crippen molar-refractivity contribution in [2.45, 2.75) is 13.5 Å². The molecule has 0 spiro atoms. The largest absolute Gasteiger partial charge is 0.497 e. The predicted molar refractivity (Wildman–Crippen MR) is 112 cm³/mol. The van der Waals surface area contributed by atoms with Crippen LogP contribution in [0.15, 0.2) is 47.0 Å². The molecular weight excluding hydrogens is 382 g/mol. The number of fused-ring (bicyclic) bond motifs is 3. The lowest BCUT2D eigenvalue weighted by Gasteiger charge is -2.36. The Bertz CT molecular complexity index is 1100. The zero-order valence-corrected chi connectivity index (χ0v) is 17.1. The Balaban J connectivity index is 1.33. The van der Waals surface area contributed by atoms with Gasteiger partial charge in [0.2, 0.25) is 0 Å². The summed E-state index contributed by atoms with van der Waals surface area (Å²) in [4.78, 5) is 17.3. The fourth-order valence-corrected chi connectivity index (χ4v) is 4.04. The molecular formula is C23H23N3O4. The number of carbonyl (C=O) groups excluding carboxylic acids is 1. The summed E-state index contributed by atoms with van der Waals surface area (Å²) in [5.74, 6) is 2.12. The highest BCUT2D eigenvalue weighted by molar-refractivity contribution is 5.96. The molecule has 0 saturated carbocycles. The summed E-state index contributed by atoms with van der Waals surface area (Å²) >= 11 is 0. The van der Waals surface area contributed by atoms with Crippen LogP contribution in [0.2, 0.25) is 0 Å². The Morgan fingerprint density at radius 3 is 2.73 bits per heavy atom. The van der Waals surface area contributed by atoms with Crippen molar-refractivity contribution in [2.75, 3.05) is 38.2 Å². The fraction of sp³-hybridized carbons (Fsp3) is 0.304. The van der Waals surface area contributed by atoms with E-state index in [4.69, 9.17) is 14.0 Å². The lowest BCUT2D eigenvalue weighted by atomic mass is 10.0. The van der Waals surface area contributed by atoms with Crippen LogP contribution in [0, 0.1) is 6.92 Å². The van der Waals surface area contributed by atoms with E-state index >= 15 is 0 Å². The molecule has 7 nitrogen and oxygen atoms in total. The molecule has 0 unspecified atom stereocenters. The zero-order valence-electron chi connectivity index (χ0n) is 17.1. The second-order valence-electron chi connectivity index (χ2n) is 7.61. The lowest BCUT2D eigenvalue weighted by molar-refractivity contribution is 0.0734. The molecule has 0 radical (unpaired) electrons. The number of hydrogen-bond acceptors (Lipinski definition) is 6. The Morgan fingerprint density at radius 2 is 1.93 bits per heavy atom. The second-order valence-corrected chi connectivity index (χ2v) is 7.61. The van der Waals surface area contributed by atoms with Gasteiger partial charge in [0, 0.05) is 37.9 Å². The van der Waals surface area contributed by atoms with Crippen molar-refractivity contribution in [1.82, 2.24) is 10.1 Å². The van der Waals surface area contributed by atoms with Gasteiger partial charge in [-0.05, 0) is 31.2 Å². The molecule has 2 aliphatic heterocycles. The maximum atomic E-state index is 13.2. The van der Waals surface area contributed by atoms with Crippen LogP contribution in [0.25, 0.3) is 11.3 Å². The van der Waals surface area contributed by atoms with Gasteiger partial charge in [0.05, 0.1) is 18.2 Å². The number of rotatable bonds is 3. The smallest absolute Gasteiger partial charge is 0.276 e. The molecule has 3 aromatic rings. The summed E-state index contributed by atoms with van der Waals surface area (Å²) in [6.45, 7) is 5.04. The average molecular weight is 405 g/mol. The third kappa shape index (κ3) is 3.16. The summed E-state index contributed by atoms with van der Waals surface area (Å²) in [7, 11) is 1.66. The molecule has 1 fully saturated rings. The quantitative estimate of drug-likeness (QED) is 0.664. The van der Waals surface area contributed by atoms with E-state index in [0.717, 1.165) is 47.0 Å². The van der Waals surface area contributed by atoms with Crippen LogP contribution < -0.4 is 14.4 Å². The molecule has 0 bridgehead atoms. The first-order chi connectivity index (χ1) is 14.6. The standard InChI is InChI=1S/C23H23N3O4/c1-15-6-7-20-18(12-15)22-19(14-29-20)21(24-30-22)23(27)26-10-8-25(9-11-26)16-4-3-5-17(13-16)28-2/h3-7,12-13H,8-11,14H2,1-2H3. The number of nitrogens with zero attached hydrogens (tertiary/aromatic N) is 3. The Labute approximate surface area is 174 Å². The van der Waals surface area contributed by atoms with Gasteiger partial charge in [0.1, 0.15) is 18.1 Å². The number of ether oxygens (including phenoxy) is 2. The monoisotopic (exact) mass is 405 g/mol. The molecule has 0 atom stereocenters. The number of anilines is 1. The number of benzene rings is 2. The minimum Gasteiger partial charge on any atom is -0.497 e. The van der Waals surface area contributed by atoms with E-state index in [1.54, 1.807) is 7.11 Å². The molecule has 2 aliphatic rings. The molecule has 0 aliphatic carbocycles. The summed E-state index contributed by atoms with van der Waals surface area (Å²) in [5, 5.41) is 4.13. The first-order valence-corrected chi connectivity index (χ1v) is 10.0. The molecule has 7 heteroatoms. The van der Waals surface area contributed by atoms with Crippen molar-refractivity contribution in [3.8, 4) is 22.8 Å². The first-order valence-electron chi connectivity index (χ1n) is 10.0. The van der Waals surface area contributed by atoms with E-state index in [9.17, 15) is 4.79 Å². The normalized spacial score (nSPS) is 15.3. The van der Waals surface area contributed by atoms with Gasteiger partial charge in [0.25, 0.3) is 5.91 Å². The van der Waals surface area contributed by atoms with Crippen molar-refractivity contribution in [3.63, 3.8) is 0 Å². The third-order valence-electron chi connectivity index (χ3n) is 5.73. The van der Waals surface area contributed by atoms with E-state index in [2.05, 4.69) is 16.1 Å². The minimum absolute atomic E-state index is 0.106. The molecule has 2 aromatic carbocycles. The van der Waals surface area contributed by atoms with Crippen LogP contribution in [-0.2, 0) is 6.61 Å². The van der Waals surface area contributed by atoms with Crippen molar-refractivity contribution in [2.24, 2.45) is 0 Å². The van der Waals surface area contributed by atoms with Gasteiger partial charge in [-0.1, -0.05) is 22.9 Å². The number of piperazine rings is 1. The van der Waals surface area contributed by atoms with Gasteiger partial charge in [-0.2, -0.15) is 0 Å². The number of aryl methyl sites for hydroxylation is 1. The summed E-state index contributed by atoms with van der Waals surface area (Å²) in [6, 6.07) is 13.9. The first kappa shape index (κ1) is 18.5. The lowest BCUT2D eigenvalue weighted by Crippen LogP contribution is -2.49. The molecule has 154 valence electrons. The van der Waals surface area contributed by atoms with E-state index in [1.165, 1.54) is 0 Å². The number of aromatic nitrogens is 1. The van der Waals surface area contributed by atoms with Crippen LogP contribution in [-0.4, -0.2) is 49.3 Å². The number of amides is 1. The van der Waals surface area contributed by atoms with E-state index < -0.39 is 0 Å². The van der Waals surface area contributed by atoms with Gasteiger partial charge >= 0.3 is 0 Å². The van der Waals surface area contributed by atoms with Crippen molar-refractivity contribution >= 4 is 11.6 Å². The molecule has 1 saturated heterocycles. The SMILES string of the molecule is COc1cccc(N2CCN(C(=O)c3noc4c3COc3ccc(C)cc3-4)CC2)c1. The van der Waals surface area contributed by atoms with Crippen LogP contribution in [0.1, 0.15) is 21.6 Å². The summed E-state index contributed by atoms with van der Waals surface area (Å²) in [5.41, 5.74) is 4.13. The molecule has 5 rings (SSSR count). The van der Waals surface area contributed by atoms with Crippen LogP contribution in [0.3, 0.4) is 0 Å². The average Bonchev–Trinajstić information content (AvgIpc) is 3.23. The molecule has 1 amide bonds. The maximum Gasteiger partial charge on any atom is 0.276 e. The molecule has 30 heavy (non-hydrogen) atoms. The molecule has 3 heterocycles.